The fraction of sp³-hybridized carbons (Fsp3) is 0.273. The highest BCUT2D eigenvalue weighted by Crippen LogP contribution is 2.31. The molecule has 1 unspecified atom stereocenters. The minimum Gasteiger partial charge on any atom is -0.384 e. The van der Waals surface area contributed by atoms with E-state index in [1.54, 1.807) is 18.2 Å². The molecule has 0 aromatic heterocycles. The smallest absolute Gasteiger partial charge is 0.255 e. The van der Waals surface area contributed by atoms with Crippen LogP contribution in [0.5, 0.6) is 0 Å². The van der Waals surface area contributed by atoms with Crippen molar-refractivity contribution in [3.8, 4) is 0 Å². The minimum absolute atomic E-state index is 0.209. The van der Waals surface area contributed by atoms with Crippen molar-refractivity contribution < 1.29 is 19.2 Å². The predicted octanol–water partition coefficient (Wildman–Crippen LogP) is 1.67. The molecule has 0 saturated carbocycles. The highest BCUT2D eigenvalue weighted by atomic mass is 16.2. The SMILES string of the molecule is O=C1CCC(N2Cc3cc(C(=O)Nc4cccc5c4CCN5)ccc3C2=O)C(=O)N1. The Bertz CT molecular complexity index is 1110. The number of amides is 4. The molecule has 3 heterocycles. The molecule has 0 spiro atoms. The maximum atomic E-state index is 12.8. The monoisotopic (exact) mass is 404 g/mol. The maximum Gasteiger partial charge on any atom is 0.255 e. The zero-order valence-corrected chi connectivity index (χ0v) is 16.2. The number of nitrogens with zero attached hydrogens (tertiary/aromatic N) is 1. The van der Waals surface area contributed by atoms with Crippen LogP contribution in [0.2, 0.25) is 0 Å². The molecule has 3 aliphatic rings. The van der Waals surface area contributed by atoms with Gasteiger partial charge in [-0.25, -0.2) is 0 Å². The molecule has 5 rings (SSSR count). The summed E-state index contributed by atoms with van der Waals surface area (Å²) in [4.78, 5) is 50.6. The van der Waals surface area contributed by atoms with Gasteiger partial charge in [-0.2, -0.15) is 0 Å². The normalized spacial score (nSPS) is 19.8. The first kappa shape index (κ1) is 18.4. The summed E-state index contributed by atoms with van der Waals surface area (Å²) in [7, 11) is 0. The minimum atomic E-state index is -0.667. The number of fused-ring (bicyclic) bond motifs is 2. The van der Waals surface area contributed by atoms with E-state index in [2.05, 4.69) is 16.0 Å². The molecular formula is C22H20N4O4. The Morgan fingerprint density at radius 3 is 2.80 bits per heavy atom. The molecule has 8 nitrogen and oxygen atoms in total. The number of carbonyl (C=O) groups excluding carboxylic acids is 4. The molecule has 3 N–H and O–H groups in total. The number of rotatable bonds is 3. The van der Waals surface area contributed by atoms with Gasteiger partial charge < -0.3 is 15.5 Å². The number of carbonyl (C=O) groups is 4. The van der Waals surface area contributed by atoms with E-state index in [0.29, 0.717) is 23.1 Å². The number of hydrogen-bond acceptors (Lipinski definition) is 5. The van der Waals surface area contributed by atoms with Crippen molar-refractivity contribution >= 4 is 35.0 Å². The lowest BCUT2D eigenvalue weighted by Gasteiger charge is -2.29. The van der Waals surface area contributed by atoms with Gasteiger partial charge in [0, 0.05) is 47.6 Å². The van der Waals surface area contributed by atoms with Gasteiger partial charge in [0.25, 0.3) is 11.8 Å². The maximum absolute atomic E-state index is 12.8. The second kappa shape index (κ2) is 6.98. The molecule has 1 saturated heterocycles. The summed E-state index contributed by atoms with van der Waals surface area (Å²) in [5.74, 6) is -1.26. The first-order chi connectivity index (χ1) is 14.5. The Labute approximate surface area is 172 Å². The highest BCUT2D eigenvalue weighted by Gasteiger charge is 2.39. The fourth-order valence-corrected chi connectivity index (χ4v) is 4.37. The van der Waals surface area contributed by atoms with Gasteiger partial charge in [0.15, 0.2) is 0 Å². The lowest BCUT2D eigenvalue weighted by Crippen LogP contribution is -2.52. The van der Waals surface area contributed by atoms with Crippen LogP contribution in [0.25, 0.3) is 0 Å². The molecule has 2 aromatic carbocycles. The van der Waals surface area contributed by atoms with Crippen molar-refractivity contribution in [1.29, 1.82) is 0 Å². The first-order valence-electron chi connectivity index (χ1n) is 9.96. The zero-order valence-electron chi connectivity index (χ0n) is 16.2. The largest absolute Gasteiger partial charge is 0.384 e. The highest BCUT2D eigenvalue weighted by molar-refractivity contribution is 6.08. The quantitative estimate of drug-likeness (QED) is 0.675. The number of anilines is 2. The van der Waals surface area contributed by atoms with E-state index in [9.17, 15) is 19.2 Å². The van der Waals surface area contributed by atoms with Crippen molar-refractivity contribution in [3.63, 3.8) is 0 Å². The van der Waals surface area contributed by atoms with Gasteiger partial charge in [-0.05, 0) is 48.7 Å². The Balaban J connectivity index is 1.36. The lowest BCUT2D eigenvalue weighted by atomic mass is 10.0. The number of piperidine rings is 1. The molecule has 8 heteroatoms. The Morgan fingerprint density at radius 2 is 1.97 bits per heavy atom. The fourth-order valence-electron chi connectivity index (χ4n) is 4.37. The predicted molar refractivity (Wildman–Crippen MR) is 109 cm³/mol. The van der Waals surface area contributed by atoms with Gasteiger partial charge in [-0.3, -0.25) is 24.5 Å². The molecule has 0 radical (unpaired) electrons. The Morgan fingerprint density at radius 1 is 1.10 bits per heavy atom. The van der Waals surface area contributed by atoms with Gasteiger partial charge in [-0.15, -0.1) is 0 Å². The van der Waals surface area contributed by atoms with Crippen LogP contribution in [-0.4, -0.2) is 41.1 Å². The summed E-state index contributed by atoms with van der Waals surface area (Å²) in [6.45, 7) is 1.09. The molecule has 1 fully saturated rings. The van der Waals surface area contributed by atoms with Crippen LogP contribution in [0.3, 0.4) is 0 Å². The zero-order chi connectivity index (χ0) is 20.8. The van der Waals surface area contributed by atoms with Crippen LogP contribution in [0.4, 0.5) is 11.4 Å². The lowest BCUT2D eigenvalue weighted by molar-refractivity contribution is -0.136. The molecule has 2 aromatic rings. The van der Waals surface area contributed by atoms with E-state index in [-0.39, 0.29) is 30.7 Å². The summed E-state index contributed by atoms with van der Waals surface area (Å²) < 4.78 is 0. The Kier molecular flexibility index (Phi) is 4.27. The Hall–Kier alpha value is -3.68. The van der Waals surface area contributed by atoms with Crippen molar-refractivity contribution in [2.75, 3.05) is 17.2 Å². The van der Waals surface area contributed by atoms with Gasteiger partial charge in [-0.1, -0.05) is 6.07 Å². The van der Waals surface area contributed by atoms with E-state index in [1.807, 2.05) is 18.2 Å². The molecule has 0 bridgehead atoms. The van der Waals surface area contributed by atoms with Gasteiger partial charge in [0.2, 0.25) is 11.8 Å². The topological polar surface area (TPSA) is 108 Å². The van der Waals surface area contributed by atoms with Gasteiger partial charge in [0.05, 0.1) is 0 Å². The van der Waals surface area contributed by atoms with E-state index >= 15 is 0 Å². The number of imide groups is 1. The molecule has 4 amide bonds. The van der Waals surface area contributed by atoms with Crippen LogP contribution < -0.4 is 16.0 Å². The van der Waals surface area contributed by atoms with E-state index in [1.165, 1.54) is 4.90 Å². The van der Waals surface area contributed by atoms with Gasteiger partial charge in [0.1, 0.15) is 6.04 Å². The number of hydrogen-bond donors (Lipinski definition) is 3. The van der Waals surface area contributed by atoms with E-state index < -0.39 is 11.9 Å². The average molecular weight is 404 g/mol. The summed E-state index contributed by atoms with van der Waals surface area (Å²) >= 11 is 0. The third kappa shape index (κ3) is 3.01. The van der Waals surface area contributed by atoms with E-state index in [4.69, 9.17) is 0 Å². The second-order valence-corrected chi connectivity index (χ2v) is 7.73. The van der Waals surface area contributed by atoms with Crippen molar-refractivity contribution in [3.05, 3.63) is 58.7 Å². The van der Waals surface area contributed by atoms with Gasteiger partial charge >= 0.3 is 0 Å². The summed E-state index contributed by atoms with van der Waals surface area (Å²) in [6.07, 6.45) is 1.37. The van der Waals surface area contributed by atoms with E-state index in [0.717, 1.165) is 29.9 Å². The average Bonchev–Trinajstić information content (AvgIpc) is 3.33. The standard InChI is InChI=1S/C22H20N4O4/c27-19-7-6-18(21(29)25-19)26-11-13-10-12(4-5-14(13)22(26)30)20(28)24-17-3-1-2-16-15(17)8-9-23-16/h1-5,10,18,23H,6-9,11H2,(H,24,28)(H,25,27,29). The molecule has 30 heavy (non-hydrogen) atoms. The number of nitrogens with one attached hydrogen (secondary N) is 3. The molecule has 1 atom stereocenters. The van der Waals surface area contributed by atoms with Crippen LogP contribution >= 0.6 is 0 Å². The summed E-state index contributed by atoms with van der Waals surface area (Å²) in [5, 5.41) is 8.54. The van der Waals surface area contributed by atoms with Crippen LogP contribution in [0.15, 0.2) is 36.4 Å². The third-order valence-electron chi connectivity index (χ3n) is 5.90. The van der Waals surface area contributed by atoms with Crippen molar-refractivity contribution in [2.24, 2.45) is 0 Å². The molecule has 0 aliphatic carbocycles. The molecule has 3 aliphatic heterocycles. The van der Waals surface area contributed by atoms with Crippen molar-refractivity contribution in [1.82, 2.24) is 10.2 Å². The molecule has 152 valence electrons. The van der Waals surface area contributed by atoms with Crippen LogP contribution in [0.1, 0.15) is 44.7 Å². The number of benzene rings is 2. The van der Waals surface area contributed by atoms with Crippen molar-refractivity contribution in [2.45, 2.75) is 31.8 Å². The van der Waals surface area contributed by atoms with Crippen LogP contribution in [0, 0.1) is 0 Å². The third-order valence-corrected chi connectivity index (χ3v) is 5.90. The first-order valence-corrected chi connectivity index (χ1v) is 9.96. The summed E-state index contributed by atoms with van der Waals surface area (Å²) in [6, 6.07) is 10.1. The second-order valence-electron chi connectivity index (χ2n) is 7.73. The molecular weight excluding hydrogens is 384 g/mol. The van der Waals surface area contributed by atoms with Crippen LogP contribution in [-0.2, 0) is 22.6 Å². The summed E-state index contributed by atoms with van der Waals surface area (Å²) in [5.41, 5.74) is 4.55.